The molecule has 4 nitrogen and oxygen atoms in total. The molecule has 0 saturated heterocycles. The molecule has 0 saturated carbocycles. The van der Waals surface area contributed by atoms with Crippen LogP contribution in [-0.4, -0.2) is 23.1 Å². The summed E-state index contributed by atoms with van der Waals surface area (Å²) >= 11 is 6.11. The highest BCUT2D eigenvalue weighted by Gasteiger charge is 2.04. The van der Waals surface area contributed by atoms with E-state index < -0.39 is 0 Å². The standard InChI is InChI=1S/C24H22ClN3O/c25-20-8-11-23-22(16-20)24(28-17-27-23)26-14-12-19-6-9-21(10-7-19)29-15-13-18-4-2-1-3-5-18/h1-11,16-17H,12-15H2,(H,26,27,28). The van der Waals surface area contributed by atoms with Crippen molar-refractivity contribution in [3.63, 3.8) is 0 Å². The smallest absolute Gasteiger partial charge is 0.137 e. The molecular formula is C24H22ClN3O. The maximum Gasteiger partial charge on any atom is 0.137 e. The Morgan fingerprint density at radius 2 is 1.62 bits per heavy atom. The van der Waals surface area contributed by atoms with Crippen molar-refractivity contribution in [2.24, 2.45) is 0 Å². The topological polar surface area (TPSA) is 47.0 Å². The Kier molecular flexibility index (Phi) is 6.22. The highest BCUT2D eigenvalue weighted by Crippen LogP contribution is 2.23. The zero-order valence-corrected chi connectivity index (χ0v) is 16.8. The van der Waals surface area contributed by atoms with Crippen molar-refractivity contribution in [3.05, 3.63) is 95.3 Å². The average molecular weight is 404 g/mol. The van der Waals surface area contributed by atoms with E-state index in [4.69, 9.17) is 16.3 Å². The maximum absolute atomic E-state index is 6.11. The van der Waals surface area contributed by atoms with Crippen LogP contribution in [0.1, 0.15) is 11.1 Å². The van der Waals surface area contributed by atoms with Crippen LogP contribution in [-0.2, 0) is 12.8 Å². The number of fused-ring (bicyclic) bond motifs is 1. The van der Waals surface area contributed by atoms with Gasteiger partial charge in [-0.2, -0.15) is 0 Å². The van der Waals surface area contributed by atoms with Crippen LogP contribution in [0.15, 0.2) is 79.1 Å². The van der Waals surface area contributed by atoms with Crippen LogP contribution in [0.5, 0.6) is 5.75 Å². The molecule has 0 atom stereocenters. The van der Waals surface area contributed by atoms with E-state index in [1.807, 2.05) is 36.4 Å². The Hall–Kier alpha value is -3.11. The third-order valence-corrected chi connectivity index (χ3v) is 4.96. The number of benzene rings is 3. The molecule has 0 aliphatic carbocycles. The minimum atomic E-state index is 0.675. The van der Waals surface area contributed by atoms with Gasteiger partial charge in [-0.05, 0) is 47.9 Å². The maximum atomic E-state index is 6.11. The first kappa shape index (κ1) is 19.2. The quantitative estimate of drug-likeness (QED) is 0.418. The highest BCUT2D eigenvalue weighted by atomic mass is 35.5. The van der Waals surface area contributed by atoms with Crippen LogP contribution in [0, 0.1) is 0 Å². The largest absolute Gasteiger partial charge is 0.493 e. The summed E-state index contributed by atoms with van der Waals surface area (Å²) in [5.74, 6) is 1.70. The van der Waals surface area contributed by atoms with Gasteiger partial charge in [-0.1, -0.05) is 54.1 Å². The summed E-state index contributed by atoms with van der Waals surface area (Å²) in [4.78, 5) is 8.63. The summed E-state index contributed by atoms with van der Waals surface area (Å²) in [5, 5.41) is 5.00. The van der Waals surface area contributed by atoms with Crippen LogP contribution in [0.2, 0.25) is 5.02 Å². The number of aromatic nitrogens is 2. The van der Waals surface area contributed by atoms with Crippen molar-refractivity contribution in [1.82, 2.24) is 9.97 Å². The molecule has 0 fully saturated rings. The van der Waals surface area contributed by atoms with Gasteiger partial charge in [0.1, 0.15) is 17.9 Å². The van der Waals surface area contributed by atoms with Crippen LogP contribution >= 0.6 is 11.6 Å². The normalized spacial score (nSPS) is 10.8. The van der Waals surface area contributed by atoms with E-state index in [-0.39, 0.29) is 0 Å². The van der Waals surface area contributed by atoms with E-state index in [2.05, 4.69) is 51.7 Å². The first-order chi connectivity index (χ1) is 14.3. The highest BCUT2D eigenvalue weighted by molar-refractivity contribution is 6.31. The summed E-state index contributed by atoms with van der Waals surface area (Å²) in [5.41, 5.74) is 3.40. The van der Waals surface area contributed by atoms with Gasteiger partial charge in [0.15, 0.2) is 0 Å². The predicted octanol–water partition coefficient (Wildman–Crippen LogP) is 5.56. The van der Waals surface area contributed by atoms with Crippen molar-refractivity contribution in [3.8, 4) is 5.75 Å². The minimum Gasteiger partial charge on any atom is -0.493 e. The molecule has 0 unspecified atom stereocenters. The van der Waals surface area contributed by atoms with Gasteiger partial charge < -0.3 is 10.1 Å². The molecular weight excluding hydrogens is 382 g/mol. The summed E-state index contributed by atoms with van der Waals surface area (Å²) in [6.07, 6.45) is 3.36. The molecule has 0 radical (unpaired) electrons. The number of nitrogens with zero attached hydrogens (tertiary/aromatic N) is 2. The summed E-state index contributed by atoms with van der Waals surface area (Å²) in [6, 6.07) is 24.3. The molecule has 0 bridgehead atoms. The molecule has 146 valence electrons. The van der Waals surface area contributed by atoms with Crippen LogP contribution in [0.4, 0.5) is 5.82 Å². The third-order valence-electron chi connectivity index (χ3n) is 4.73. The summed E-state index contributed by atoms with van der Waals surface area (Å²) in [6.45, 7) is 1.45. The molecule has 0 aliphatic heterocycles. The lowest BCUT2D eigenvalue weighted by molar-refractivity contribution is 0.322. The van der Waals surface area contributed by atoms with E-state index >= 15 is 0 Å². The molecule has 5 heteroatoms. The van der Waals surface area contributed by atoms with E-state index in [1.54, 1.807) is 6.33 Å². The second kappa shape index (κ2) is 9.39. The molecule has 4 rings (SSSR count). The molecule has 0 amide bonds. The molecule has 1 heterocycles. The Morgan fingerprint density at radius 1 is 0.828 bits per heavy atom. The average Bonchev–Trinajstić information content (AvgIpc) is 2.76. The molecule has 29 heavy (non-hydrogen) atoms. The van der Waals surface area contributed by atoms with Crippen LogP contribution in [0.3, 0.4) is 0 Å². The number of rotatable bonds is 8. The Labute approximate surface area is 175 Å². The van der Waals surface area contributed by atoms with E-state index in [0.717, 1.165) is 41.9 Å². The monoisotopic (exact) mass is 403 g/mol. The number of ether oxygens (including phenoxy) is 1. The van der Waals surface area contributed by atoms with Gasteiger partial charge in [-0.3, -0.25) is 0 Å². The summed E-state index contributed by atoms with van der Waals surface area (Å²) in [7, 11) is 0. The molecule has 4 aromatic rings. The number of hydrogen-bond acceptors (Lipinski definition) is 4. The number of anilines is 1. The minimum absolute atomic E-state index is 0.675. The third kappa shape index (κ3) is 5.24. The zero-order chi connectivity index (χ0) is 19.9. The molecule has 1 N–H and O–H groups in total. The zero-order valence-electron chi connectivity index (χ0n) is 16.0. The molecule has 1 aromatic heterocycles. The van der Waals surface area contributed by atoms with Crippen molar-refractivity contribution in [2.45, 2.75) is 12.8 Å². The van der Waals surface area contributed by atoms with Gasteiger partial charge in [0, 0.05) is 23.4 Å². The fourth-order valence-electron chi connectivity index (χ4n) is 3.18. The Morgan fingerprint density at radius 3 is 2.45 bits per heavy atom. The Balaban J connectivity index is 1.28. The van der Waals surface area contributed by atoms with E-state index in [9.17, 15) is 0 Å². The second-order valence-corrected chi connectivity index (χ2v) is 7.22. The lowest BCUT2D eigenvalue weighted by Crippen LogP contribution is -2.07. The van der Waals surface area contributed by atoms with E-state index in [1.165, 1.54) is 11.1 Å². The van der Waals surface area contributed by atoms with Crippen molar-refractivity contribution in [2.75, 3.05) is 18.5 Å². The number of halogens is 1. The lowest BCUT2D eigenvalue weighted by Gasteiger charge is -2.10. The van der Waals surface area contributed by atoms with Crippen molar-refractivity contribution in [1.29, 1.82) is 0 Å². The van der Waals surface area contributed by atoms with Gasteiger partial charge in [-0.15, -0.1) is 0 Å². The van der Waals surface area contributed by atoms with Gasteiger partial charge in [0.25, 0.3) is 0 Å². The van der Waals surface area contributed by atoms with Crippen LogP contribution < -0.4 is 10.1 Å². The molecule has 0 spiro atoms. The Bertz CT molecular complexity index is 1070. The van der Waals surface area contributed by atoms with Crippen molar-refractivity contribution < 1.29 is 4.74 Å². The molecule has 0 aliphatic rings. The van der Waals surface area contributed by atoms with Gasteiger partial charge >= 0.3 is 0 Å². The fraction of sp³-hybridized carbons (Fsp3) is 0.167. The number of hydrogen-bond donors (Lipinski definition) is 1. The van der Waals surface area contributed by atoms with Crippen molar-refractivity contribution >= 4 is 28.3 Å². The molecule has 3 aromatic carbocycles. The van der Waals surface area contributed by atoms with E-state index in [0.29, 0.717) is 11.6 Å². The fourth-order valence-corrected chi connectivity index (χ4v) is 3.35. The van der Waals surface area contributed by atoms with Gasteiger partial charge in [0.2, 0.25) is 0 Å². The number of nitrogens with one attached hydrogen (secondary N) is 1. The first-order valence-corrected chi connectivity index (χ1v) is 10.1. The van der Waals surface area contributed by atoms with Gasteiger partial charge in [0.05, 0.1) is 12.1 Å². The summed E-state index contributed by atoms with van der Waals surface area (Å²) < 4.78 is 5.85. The predicted molar refractivity (Wildman–Crippen MR) is 119 cm³/mol. The second-order valence-electron chi connectivity index (χ2n) is 6.79. The van der Waals surface area contributed by atoms with Crippen LogP contribution in [0.25, 0.3) is 10.9 Å². The van der Waals surface area contributed by atoms with Gasteiger partial charge in [-0.25, -0.2) is 9.97 Å². The SMILES string of the molecule is Clc1ccc2ncnc(NCCc3ccc(OCCc4ccccc4)cc3)c2c1. The lowest BCUT2D eigenvalue weighted by atomic mass is 10.1. The first-order valence-electron chi connectivity index (χ1n) is 9.68.